The van der Waals surface area contributed by atoms with Gasteiger partial charge in [0.05, 0.1) is 4.90 Å². The SMILES string of the molecule is CCC(C)N(C)C(=O)c1cc(S(=O)(=O)Cl)cc(Cl)c1C. The van der Waals surface area contributed by atoms with Gasteiger partial charge in [0.25, 0.3) is 15.0 Å². The van der Waals surface area contributed by atoms with Gasteiger partial charge in [-0.05, 0) is 38.0 Å². The number of halogens is 2. The minimum atomic E-state index is -3.93. The van der Waals surface area contributed by atoms with E-state index in [0.717, 1.165) is 6.42 Å². The lowest BCUT2D eigenvalue weighted by atomic mass is 10.1. The van der Waals surface area contributed by atoms with E-state index in [1.165, 1.54) is 12.1 Å². The van der Waals surface area contributed by atoms with E-state index in [4.69, 9.17) is 22.3 Å². The van der Waals surface area contributed by atoms with Crippen LogP contribution in [0.1, 0.15) is 36.2 Å². The quantitative estimate of drug-likeness (QED) is 0.790. The average Bonchev–Trinajstić information content (AvgIpc) is 2.37. The van der Waals surface area contributed by atoms with E-state index in [-0.39, 0.29) is 27.4 Å². The predicted octanol–water partition coefficient (Wildman–Crippen LogP) is 3.45. The van der Waals surface area contributed by atoms with E-state index in [2.05, 4.69) is 0 Å². The molecule has 0 aliphatic heterocycles. The predicted molar refractivity (Wildman–Crippen MR) is 81.1 cm³/mol. The van der Waals surface area contributed by atoms with Gasteiger partial charge in [0.15, 0.2) is 0 Å². The largest absolute Gasteiger partial charge is 0.339 e. The zero-order valence-electron chi connectivity index (χ0n) is 11.8. The fourth-order valence-electron chi connectivity index (χ4n) is 1.68. The Balaban J connectivity index is 3.38. The Bertz CT molecular complexity index is 629. The second-order valence-corrected chi connectivity index (χ2v) is 7.66. The Labute approximate surface area is 129 Å². The van der Waals surface area contributed by atoms with E-state index >= 15 is 0 Å². The van der Waals surface area contributed by atoms with Crippen LogP contribution in [0.25, 0.3) is 0 Å². The second kappa shape index (κ2) is 6.33. The molecule has 20 heavy (non-hydrogen) atoms. The molecule has 0 fully saturated rings. The number of carbonyl (C=O) groups is 1. The third kappa shape index (κ3) is 3.65. The highest BCUT2D eigenvalue weighted by molar-refractivity contribution is 8.13. The third-order valence-electron chi connectivity index (χ3n) is 3.40. The molecule has 1 rings (SSSR count). The van der Waals surface area contributed by atoms with Crippen molar-refractivity contribution in [2.24, 2.45) is 0 Å². The summed E-state index contributed by atoms with van der Waals surface area (Å²) in [5, 5.41) is 0.202. The van der Waals surface area contributed by atoms with Gasteiger partial charge in [-0.2, -0.15) is 0 Å². The summed E-state index contributed by atoms with van der Waals surface area (Å²) in [6.07, 6.45) is 0.794. The van der Waals surface area contributed by atoms with Crippen molar-refractivity contribution in [3.8, 4) is 0 Å². The summed E-state index contributed by atoms with van der Waals surface area (Å²) >= 11 is 5.99. The molecule has 1 aromatic carbocycles. The average molecular weight is 338 g/mol. The zero-order valence-corrected chi connectivity index (χ0v) is 14.1. The van der Waals surface area contributed by atoms with E-state index < -0.39 is 9.05 Å². The van der Waals surface area contributed by atoms with Gasteiger partial charge < -0.3 is 4.90 Å². The minimum Gasteiger partial charge on any atom is -0.339 e. The molecule has 1 unspecified atom stereocenters. The highest BCUT2D eigenvalue weighted by Gasteiger charge is 2.22. The minimum absolute atomic E-state index is 0.0388. The number of rotatable bonds is 4. The molecule has 0 spiro atoms. The lowest BCUT2D eigenvalue weighted by Crippen LogP contribution is -2.35. The summed E-state index contributed by atoms with van der Waals surface area (Å²) in [5.74, 6) is -0.277. The molecule has 1 atom stereocenters. The van der Waals surface area contributed by atoms with Gasteiger partial charge in [-0.25, -0.2) is 8.42 Å². The first kappa shape index (κ1) is 17.3. The summed E-state index contributed by atoms with van der Waals surface area (Å²) in [7, 11) is 3.06. The fourth-order valence-corrected chi connectivity index (χ4v) is 2.75. The Kier molecular flexibility index (Phi) is 5.46. The van der Waals surface area contributed by atoms with Crippen molar-refractivity contribution >= 4 is 37.2 Å². The topological polar surface area (TPSA) is 54.5 Å². The van der Waals surface area contributed by atoms with Gasteiger partial charge in [0.2, 0.25) is 0 Å². The van der Waals surface area contributed by atoms with Crippen molar-refractivity contribution in [3.05, 3.63) is 28.3 Å². The number of nitrogens with zero attached hydrogens (tertiary/aromatic N) is 1. The number of benzene rings is 1. The first-order chi connectivity index (χ1) is 9.09. The van der Waals surface area contributed by atoms with E-state index in [9.17, 15) is 13.2 Å². The summed E-state index contributed by atoms with van der Waals surface area (Å²) in [6, 6.07) is 2.56. The normalized spacial score (nSPS) is 13.1. The van der Waals surface area contributed by atoms with E-state index in [0.29, 0.717) is 5.56 Å². The van der Waals surface area contributed by atoms with Crippen LogP contribution < -0.4 is 0 Å². The van der Waals surface area contributed by atoms with Crippen LogP contribution in [-0.4, -0.2) is 32.3 Å². The smallest absolute Gasteiger partial charge is 0.261 e. The van der Waals surface area contributed by atoms with Crippen molar-refractivity contribution in [2.75, 3.05) is 7.05 Å². The number of hydrogen-bond donors (Lipinski definition) is 0. The second-order valence-electron chi connectivity index (χ2n) is 4.69. The standard InChI is InChI=1S/C13H17Cl2NO3S/c1-5-8(2)16(4)13(17)11-6-10(20(15,18)19)7-12(14)9(11)3/h6-8H,5H2,1-4H3. The summed E-state index contributed by atoms with van der Waals surface area (Å²) in [5.41, 5.74) is 0.787. The molecule has 0 N–H and O–H groups in total. The molecule has 0 heterocycles. The molecule has 1 aromatic rings. The molecule has 0 bridgehead atoms. The van der Waals surface area contributed by atoms with Crippen LogP contribution in [0.15, 0.2) is 17.0 Å². The monoisotopic (exact) mass is 337 g/mol. The molecule has 1 amide bonds. The van der Waals surface area contributed by atoms with Gasteiger partial charge in [0.1, 0.15) is 0 Å². The third-order valence-corrected chi connectivity index (χ3v) is 5.13. The Morgan fingerprint density at radius 3 is 2.40 bits per heavy atom. The lowest BCUT2D eigenvalue weighted by molar-refractivity contribution is 0.0739. The van der Waals surface area contributed by atoms with Gasteiger partial charge in [-0.15, -0.1) is 0 Å². The summed E-state index contributed by atoms with van der Waals surface area (Å²) < 4.78 is 22.8. The molecular weight excluding hydrogens is 321 g/mol. The molecule has 0 aliphatic carbocycles. The first-order valence-corrected chi connectivity index (χ1v) is 8.80. The van der Waals surface area contributed by atoms with Crippen LogP contribution in [0, 0.1) is 6.92 Å². The zero-order chi connectivity index (χ0) is 15.7. The molecule has 0 saturated carbocycles. The van der Waals surface area contributed by atoms with Gasteiger partial charge in [-0.1, -0.05) is 18.5 Å². The van der Waals surface area contributed by atoms with Crippen molar-refractivity contribution in [1.29, 1.82) is 0 Å². The fraction of sp³-hybridized carbons (Fsp3) is 0.462. The Morgan fingerprint density at radius 1 is 1.40 bits per heavy atom. The first-order valence-electron chi connectivity index (χ1n) is 6.11. The van der Waals surface area contributed by atoms with E-state index in [1.54, 1.807) is 18.9 Å². The molecule has 7 heteroatoms. The maximum atomic E-state index is 12.4. The van der Waals surface area contributed by atoms with Crippen molar-refractivity contribution in [2.45, 2.75) is 38.1 Å². The molecule has 4 nitrogen and oxygen atoms in total. The van der Waals surface area contributed by atoms with Crippen LogP contribution in [0.4, 0.5) is 0 Å². The Hall–Kier alpha value is -0.780. The Morgan fingerprint density at radius 2 is 1.95 bits per heavy atom. The van der Waals surface area contributed by atoms with Gasteiger partial charge in [0, 0.05) is 34.4 Å². The molecule has 0 saturated heterocycles. The number of carbonyl (C=O) groups excluding carboxylic acids is 1. The molecule has 0 radical (unpaired) electrons. The van der Waals surface area contributed by atoms with Gasteiger partial charge in [-0.3, -0.25) is 4.79 Å². The van der Waals surface area contributed by atoms with Crippen LogP contribution in [0.3, 0.4) is 0 Å². The van der Waals surface area contributed by atoms with Crippen molar-refractivity contribution < 1.29 is 13.2 Å². The summed E-state index contributed by atoms with van der Waals surface area (Å²) in [6.45, 7) is 5.55. The van der Waals surface area contributed by atoms with E-state index in [1.807, 2.05) is 13.8 Å². The molecule has 0 aromatic heterocycles. The molecule has 112 valence electrons. The van der Waals surface area contributed by atoms with Gasteiger partial charge >= 0.3 is 0 Å². The van der Waals surface area contributed by atoms with Crippen molar-refractivity contribution in [1.82, 2.24) is 4.90 Å². The maximum absolute atomic E-state index is 12.4. The summed E-state index contributed by atoms with van der Waals surface area (Å²) in [4.78, 5) is 13.8. The lowest BCUT2D eigenvalue weighted by Gasteiger charge is -2.25. The van der Waals surface area contributed by atoms with Crippen LogP contribution >= 0.6 is 22.3 Å². The van der Waals surface area contributed by atoms with Crippen LogP contribution in [-0.2, 0) is 9.05 Å². The van der Waals surface area contributed by atoms with Crippen LogP contribution in [0.2, 0.25) is 5.02 Å². The van der Waals surface area contributed by atoms with Crippen molar-refractivity contribution in [3.63, 3.8) is 0 Å². The maximum Gasteiger partial charge on any atom is 0.261 e. The van der Waals surface area contributed by atoms with Crippen LogP contribution in [0.5, 0.6) is 0 Å². The highest BCUT2D eigenvalue weighted by atomic mass is 35.7. The number of amides is 1. The number of hydrogen-bond acceptors (Lipinski definition) is 3. The highest BCUT2D eigenvalue weighted by Crippen LogP contribution is 2.27. The molecular formula is C13H17Cl2NO3S. The molecule has 0 aliphatic rings.